The highest BCUT2D eigenvalue weighted by Gasteiger charge is 2.13. The molecule has 5 nitrogen and oxygen atoms in total. The van der Waals surface area contributed by atoms with Crippen molar-refractivity contribution in [3.63, 3.8) is 0 Å². The average molecular weight is 204 g/mol. The first kappa shape index (κ1) is 9.26. The molecule has 0 bridgehead atoms. The number of benzene rings is 1. The first-order valence-corrected chi connectivity index (χ1v) is 4.25. The zero-order valence-electron chi connectivity index (χ0n) is 7.71. The number of hydrogen-bond acceptors (Lipinski definition) is 5. The first-order valence-electron chi connectivity index (χ1n) is 4.25. The lowest BCUT2D eigenvalue weighted by molar-refractivity contribution is 0.0691. The van der Waals surface area contributed by atoms with Crippen molar-refractivity contribution in [1.29, 1.82) is 0 Å². The number of aromatic nitrogens is 1. The molecule has 76 valence electrons. The normalized spacial score (nSPS) is 9.87. The molecule has 0 amide bonds. The molecule has 0 saturated carbocycles. The highest BCUT2D eigenvalue weighted by molar-refractivity contribution is 5.88. The molecular weight excluding hydrogens is 196 g/mol. The second-order valence-corrected chi connectivity index (χ2v) is 2.82. The number of esters is 1. The summed E-state index contributed by atoms with van der Waals surface area (Å²) in [6.07, 6.45) is 0. The number of anilines is 1. The second-order valence-electron chi connectivity index (χ2n) is 2.82. The van der Waals surface area contributed by atoms with Crippen LogP contribution >= 0.6 is 0 Å². The van der Waals surface area contributed by atoms with Crippen LogP contribution in [0.5, 0.6) is 5.75 Å². The van der Waals surface area contributed by atoms with Crippen LogP contribution in [-0.4, -0.2) is 11.1 Å². The largest absolute Gasteiger partial charge is 0.421 e. The van der Waals surface area contributed by atoms with Crippen LogP contribution in [0.15, 0.2) is 40.9 Å². The van der Waals surface area contributed by atoms with Crippen molar-refractivity contribution >= 4 is 11.8 Å². The Kier molecular flexibility index (Phi) is 2.37. The Morgan fingerprint density at radius 3 is 2.67 bits per heavy atom. The molecule has 1 aromatic heterocycles. The van der Waals surface area contributed by atoms with Gasteiger partial charge in [-0.1, -0.05) is 23.4 Å². The molecule has 0 aliphatic heterocycles. The molecule has 1 aromatic carbocycles. The fourth-order valence-corrected chi connectivity index (χ4v) is 1.03. The lowest BCUT2D eigenvalue weighted by Crippen LogP contribution is -2.06. The predicted octanol–water partition coefficient (Wildman–Crippen LogP) is 1.48. The van der Waals surface area contributed by atoms with Gasteiger partial charge >= 0.3 is 5.97 Å². The zero-order valence-corrected chi connectivity index (χ0v) is 7.71. The summed E-state index contributed by atoms with van der Waals surface area (Å²) in [5, 5.41) is 3.38. The van der Waals surface area contributed by atoms with Gasteiger partial charge in [-0.15, -0.1) is 0 Å². The summed E-state index contributed by atoms with van der Waals surface area (Å²) in [5.41, 5.74) is 5.30. The van der Waals surface area contributed by atoms with Gasteiger partial charge in [-0.3, -0.25) is 0 Å². The van der Waals surface area contributed by atoms with Gasteiger partial charge in [-0.25, -0.2) is 4.79 Å². The number of para-hydroxylation sites is 1. The minimum absolute atomic E-state index is 0.0173. The molecule has 0 aliphatic carbocycles. The minimum Gasteiger partial charge on any atom is -0.421 e. The van der Waals surface area contributed by atoms with Crippen LogP contribution < -0.4 is 10.5 Å². The highest BCUT2D eigenvalue weighted by atomic mass is 16.6. The maximum atomic E-state index is 11.4. The fourth-order valence-electron chi connectivity index (χ4n) is 1.03. The van der Waals surface area contributed by atoms with E-state index in [-0.39, 0.29) is 11.6 Å². The van der Waals surface area contributed by atoms with Gasteiger partial charge in [0.15, 0.2) is 5.82 Å². The zero-order chi connectivity index (χ0) is 10.7. The Bertz CT molecular complexity index is 465. The quantitative estimate of drug-likeness (QED) is 0.592. The summed E-state index contributed by atoms with van der Waals surface area (Å²) in [6, 6.07) is 9.99. The van der Waals surface area contributed by atoms with Gasteiger partial charge in [0.2, 0.25) is 5.76 Å². The minimum atomic E-state index is -0.620. The van der Waals surface area contributed by atoms with Gasteiger partial charge in [0.25, 0.3) is 0 Å². The van der Waals surface area contributed by atoms with E-state index < -0.39 is 5.97 Å². The van der Waals surface area contributed by atoms with Crippen LogP contribution in [0.2, 0.25) is 0 Å². The Labute approximate surface area is 85.4 Å². The van der Waals surface area contributed by atoms with Crippen LogP contribution in [0.3, 0.4) is 0 Å². The lowest BCUT2D eigenvalue weighted by atomic mass is 10.3. The van der Waals surface area contributed by atoms with Crippen LogP contribution in [-0.2, 0) is 0 Å². The molecule has 15 heavy (non-hydrogen) atoms. The molecule has 2 N–H and O–H groups in total. The van der Waals surface area contributed by atoms with Gasteiger partial charge in [-0.05, 0) is 12.1 Å². The third-order valence-electron chi connectivity index (χ3n) is 1.68. The van der Waals surface area contributed by atoms with Gasteiger partial charge in [-0.2, -0.15) is 0 Å². The topological polar surface area (TPSA) is 78.4 Å². The number of carbonyl (C=O) groups excluding carboxylic acids is 1. The molecule has 2 rings (SSSR count). The van der Waals surface area contributed by atoms with Crippen molar-refractivity contribution in [2.45, 2.75) is 0 Å². The predicted molar refractivity (Wildman–Crippen MR) is 52.3 cm³/mol. The summed E-state index contributed by atoms with van der Waals surface area (Å²) in [5.74, 6) is -0.0470. The van der Waals surface area contributed by atoms with Crippen molar-refractivity contribution < 1.29 is 14.1 Å². The van der Waals surface area contributed by atoms with E-state index in [1.54, 1.807) is 24.3 Å². The number of ether oxygens (including phenoxy) is 1. The molecule has 0 saturated heterocycles. The lowest BCUT2D eigenvalue weighted by Gasteiger charge is -1.99. The van der Waals surface area contributed by atoms with Gasteiger partial charge < -0.3 is 15.0 Å². The molecule has 2 aromatic rings. The molecule has 0 aliphatic rings. The summed E-state index contributed by atoms with van der Waals surface area (Å²) in [7, 11) is 0. The van der Waals surface area contributed by atoms with E-state index in [9.17, 15) is 4.79 Å². The summed E-state index contributed by atoms with van der Waals surface area (Å²) in [6.45, 7) is 0. The number of carbonyl (C=O) groups is 1. The summed E-state index contributed by atoms with van der Waals surface area (Å²) in [4.78, 5) is 11.4. The number of rotatable bonds is 2. The van der Waals surface area contributed by atoms with E-state index in [0.717, 1.165) is 0 Å². The van der Waals surface area contributed by atoms with E-state index in [1.165, 1.54) is 6.07 Å². The van der Waals surface area contributed by atoms with Gasteiger partial charge in [0, 0.05) is 6.07 Å². The summed E-state index contributed by atoms with van der Waals surface area (Å²) < 4.78 is 9.63. The molecule has 0 fully saturated rings. The van der Waals surface area contributed by atoms with Crippen LogP contribution in [0, 0.1) is 0 Å². The third-order valence-corrected chi connectivity index (χ3v) is 1.68. The van der Waals surface area contributed by atoms with Crippen molar-refractivity contribution in [2.24, 2.45) is 0 Å². The molecule has 0 radical (unpaired) electrons. The number of nitrogen functional groups attached to an aromatic ring is 1. The monoisotopic (exact) mass is 204 g/mol. The molecular formula is C10H8N2O3. The van der Waals surface area contributed by atoms with E-state index in [2.05, 4.69) is 9.68 Å². The maximum absolute atomic E-state index is 11.4. The standard InChI is InChI=1S/C10H8N2O3/c11-9-6-8(15-12-9)10(13)14-7-4-2-1-3-5-7/h1-6H,(H2,11,12). The van der Waals surface area contributed by atoms with Gasteiger partial charge in [0.05, 0.1) is 0 Å². The Hall–Kier alpha value is -2.30. The van der Waals surface area contributed by atoms with Crippen molar-refractivity contribution in [3.05, 3.63) is 42.2 Å². The summed E-state index contributed by atoms with van der Waals surface area (Å²) >= 11 is 0. The van der Waals surface area contributed by atoms with E-state index in [1.807, 2.05) is 6.07 Å². The Morgan fingerprint density at radius 1 is 1.33 bits per heavy atom. The smallest absolute Gasteiger partial charge is 0.382 e. The van der Waals surface area contributed by atoms with Crippen LogP contribution in [0.25, 0.3) is 0 Å². The Morgan fingerprint density at radius 2 is 2.07 bits per heavy atom. The van der Waals surface area contributed by atoms with Crippen LogP contribution in [0.4, 0.5) is 5.82 Å². The van der Waals surface area contributed by atoms with E-state index in [4.69, 9.17) is 10.5 Å². The van der Waals surface area contributed by atoms with E-state index in [0.29, 0.717) is 5.75 Å². The van der Waals surface area contributed by atoms with E-state index >= 15 is 0 Å². The van der Waals surface area contributed by atoms with Crippen LogP contribution in [0.1, 0.15) is 10.6 Å². The highest BCUT2D eigenvalue weighted by Crippen LogP contribution is 2.12. The van der Waals surface area contributed by atoms with Crippen molar-refractivity contribution in [1.82, 2.24) is 5.16 Å². The molecule has 5 heteroatoms. The SMILES string of the molecule is Nc1cc(C(=O)Oc2ccccc2)on1. The molecule has 1 heterocycles. The van der Waals surface area contributed by atoms with Gasteiger partial charge in [0.1, 0.15) is 5.75 Å². The number of nitrogens with zero attached hydrogens (tertiary/aromatic N) is 1. The molecule has 0 spiro atoms. The molecule has 0 unspecified atom stereocenters. The first-order chi connectivity index (χ1) is 7.25. The van der Waals surface area contributed by atoms with Crippen molar-refractivity contribution in [2.75, 3.05) is 5.73 Å². The average Bonchev–Trinajstić information content (AvgIpc) is 2.66. The maximum Gasteiger partial charge on any atom is 0.382 e. The second kappa shape index (κ2) is 3.83. The Balaban J connectivity index is 2.11. The third kappa shape index (κ3) is 2.14. The number of nitrogens with two attached hydrogens (primary N) is 1. The fraction of sp³-hybridized carbons (Fsp3) is 0. The molecule has 0 atom stereocenters. The van der Waals surface area contributed by atoms with Crippen molar-refractivity contribution in [3.8, 4) is 5.75 Å². The number of hydrogen-bond donors (Lipinski definition) is 1.